The average Bonchev–Trinajstić information content (AvgIpc) is 3.40. The molecule has 29 heavy (non-hydrogen) atoms. The minimum absolute atomic E-state index is 0.138. The molecular weight excluding hydrogens is 403 g/mol. The Balaban J connectivity index is 1.60. The Bertz CT molecular complexity index is 1040. The van der Waals surface area contributed by atoms with Gasteiger partial charge < -0.3 is 9.42 Å². The van der Waals surface area contributed by atoms with E-state index in [1.165, 1.54) is 23.5 Å². The summed E-state index contributed by atoms with van der Waals surface area (Å²) >= 11 is 1.20. The van der Waals surface area contributed by atoms with E-state index in [4.69, 9.17) is 4.52 Å². The molecule has 0 N–H and O–H groups in total. The molecule has 0 spiro atoms. The Morgan fingerprint density at radius 3 is 2.59 bits per heavy atom. The molecular formula is C20H18F3N3O2S. The van der Waals surface area contributed by atoms with E-state index < -0.39 is 11.7 Å². The van der Waals surface area contributed by atoms with Gasteiger partial charge in [0.25, 0.3) is 5.91 Å². The van der Waals surface area contributed by atoms with Gasteiger partial charge in [0, 0.05) is 18.2 Å². The summed E-state index contributed by atoms with van der Waals surface area (Å²) in [6, 6.07) is 6.51. The number of aryl methyl sites for hydroxylation is 2. The number of amides is 1. The number of alkyl halides is 3. The van der Waals surface area contributed by atoms with Crippen LogP contribution in [-0.4, -0.2) is 27.5 Å². The highest BCUT2D eigenvalue weighted by Crippen LogP contribution is 2.36. The summed E-state index contributed by atoms with van der Waals surface area (Å²) in [4.78, 5) is 19.9. The number of carbonyl (C=O) groups excluding carboxylic acids is 1. The lowest BCUT2D eigenvalue weighted by Gasteiger charge is -2.22. The van der Waals surface area contributed by atoms with Crippen molar-refractivity contribution in [2.45, 2.75) is 38.9 Å². The van der Waals surface area contributed by atoms with Crippen molar-refractivity contribution in [2.24, 2.45) is 0 Å². The molecule has 1 aromatic carbocycles. The third-order valence-electron chi connectivity index (χ3n) is 4.95. The molecule has 1 fully saturated rings. The van der Waals surface area contributed by atoms with Crippen molar-refractivity contribution in [3.8, 4) is 10.6 Å². The second kappa shape index (κ2) is 7.29. The number of halogens is 3. The first-order valence-corrected chi connectivity index (χ1v) is 9.95. The molecule has 2 aromatic heterocycles. The monoisotopic (exact) mass is 421 g/mol. The number of rotatable bonds is 3. The lowest BCUT2D eigenvalue weighted by molar-refractivity contribution is -0.137. The molecule has 1 aliphatic rings. The molecule has 0 bridgehead atoms. The van der Waals surface area contributed by atoms with Crippen LogP contribution in [0.15, 0.2) is 34.9 Å². The smallest absolute Gasteiger partial charge is 0.361 e. The Morgan fingerprint density at radius 1 is 1.24 bits per heavy atom. The first kappa shape index (κ1) is 19.6. The highest BCUT2D eigenvalue weighted by Gasteiger charge is 2.34. The van der Waals surface area contributed by atoms with Gasteiger partial charge in [-0.05, 0) is 38.8 Å². The zero-order chi connectivity index (χ0) is 20.8. The van der Waals surface area contributed by atoms with Crippen LogP contribution in [0.2, 0.25) is 0 Å². The molecule has 4 rings (SSSR count). The first-order valence-electron chi connectivity index (χ1n) is 9.13. The van der Waals surface area contributed by atoms with Crippen LogP contribution >= 0.6 is 11.3 Å². The summed E-state index contributed by atoms with van der Waals surface area (Å²) in [5.41, 5.74) is 1.14. The van der Waals surface area contributed by atoms with E-state index in [-0.39, 0.29) is 11.9 Å². The van der Waals surface area contributed by atoms with E-state index >= 15 is 0 Å². The third kappa shape index (κ3) is 3.78. The largest absolute Gasteiger partial charge is 0.416 e. The minimum Gasteiger partial charge on any atom is -0.361 e. The molecule has 0 radical (unpaired) electrons. The van der Waals surface area contributed by atoms with Crippen LogP contribution in [0.25, 0.3) is 10.6 Å². The fourth-order valence-electron chi connectivity index (χ4n) is 3.51. The summed E-state index contributed by atoms with van der Waals surface area (Å²) in [5.74, 6) is 0.555. The van der Waals surface area contributed by atoms with Crippen molar-refractivity contribution >= 4 is 17.2 Å². The molecule has 3 heterocycles. The number of hydrogen-bond acceptors (Lipinski definition) is 5. The summed E-state index contributed by atoms with van der Waals surface area (Å²) in [6.45, 7) is 4.16. The van der Waals surface area contributed by atoms with Gasteiger partial charge in [-0.25, -0.2) is 4.98 Å². The van der Waals surface area contributed by atoms with E-state index in [2.05, 4.69) is 10.1 Å². The van der Waals surface area contributed by atoms with E-state index in [9.17, 15) is 18.0 Å². The molecule has 9 heteroatoms. The third-order valence-corrected chi connectivity index (χ3v) is 6.15. The molecule has 3 aromatic rings. The van der Waals surface area contributed by atoms with Gasteiger partial charge in [0.1, 0.15) is 21.3 Å². The summed E-state index contributed by atoms with van der Waals surface area (Å²) in [7, 11) is 0. The van der Waals surface area contributed by atoms with Gasteiger partial charge in [-0.15, -0.1) is 11.3 Å². The Kier molecular flexibility index (Phi) is 4.94. The van der Waals surface area contributed by atoms with Gasteiger partial charge in [-0.1, -0.05) is 17.3 Å². The zero-order valence-electron chi connectivity index (χ0n) is 15.8. The number of likely N-dealkylation sites (tertiary alicyclic amines) is 1. The Hall–Kier alpha value is -2.68. The van der Waals surface area contributed by atoms with Crippen LogP contribution in [-0.2, 0) is 6.18 Å². The predicted octanol–water partition coefficient (Wildman–Crippen LogP) is 5.41. The number of nitrogens with zero attached hydrogens (tertiary/aromatic N) is 3. The number of aromatic nitrogens is 2. The van der Waals surface area contributed by atoms with Crippen LogP contribution in [0.4, 0.5) is 13.2 Å². The van der Waals surface area contributed by atoms with Crippen LogP contribution < -0.4 is 0 Å². The summed E-state index contributed by atoms with van der Waals surface area (Å²) in [5, 5.41) is 4.58. The molecule has 1 saturated heterocycles. The van der Waals surface area contributed by atoms with E-state index in [0.717, 1.165) is 30.7 Å². The highest BCUT2D eigenvalue weighted by molar-refractivity contribution is 7.17. The molecule has 0 unspecified atom stereocenters. The maximum atomic E-state index is 13.2. The molecule has 5 nitrogen and oxygen atoms in total. The maximum absolute atomic E-state index is 13.2. The lowest BCUT2D eigenvalue weighted by Crippen LogP contribution is -2.30. The van der Waals surface area contributed by atoms with E-state index in [1.807, 2.05) is 6.07 Å². The second-order valence-electron chi connectivity index (χ2n) is 7.03. The zero-order valence-corrected chi connectivity index (χ0v) is 16.6. The second-order valence-corrected chi connectivity index (χ2v) is 8.03. The van der Waals surface area contributed by atoms with Crippen molar-refractivity contribution < 1.29 is 22.5 Å². The molecule has 1 aliphatic heterocycles. The summed E-state index contributed by atoms with van der Waals surface area (Å²) in [6.07, 6.45) is -2.71. The van der Waals surface area contributed by atoms with Crippen molar-refractivity contribution in [1.29, 1.82) is 0 Å². The van der Waals surface area contributed by atoms with Crippen LogP contribution in [0, 0.1) is 13.8 Å². The highest BCUT2D eigenvalue weighted by atomic mass is 32.1. The van der Waals surface area contributed by atoms with Gasteiger partial charge in [0.05, 0.1) is 17.3 Å². The van der Waals surface area contributed by atoms with Crippen molar-refractivity contribution in [2.75, 3.05) is 6.54 Å². The van der Waals surface area contributed by atoms with Crippen LogP contribution in [0.5, 0.6) is 0 Å². The number of carbonyl (C=O) groups is 1. The normalized spacial score (nSPS) is 17.1. The number of benzene rings is 1. The molecule has 1 amide bonds. The van der Waals surface area contributed by atoms with Gasteiger partial charge in [0.2, 0.25) is 0 Å². The molecule has 1 atom stereocenters. The van der Waals surface area contributed by atoms with Crippen molar-refractivity contribution in [3.05, 3.63) is 57.9 Å². The van der Waals surface area contributed by atoms with E-state index in [0.29, 0.717) is 33.4 Å². The fraction of sp³-hybridized carbons (Fsp3) is 0.350. The van der Waals surface area contributed by atoms with Gasteiger partial charge >= 0.3 is 6.18 Å². The number of hydrogen-bond donors (Lipinski definition) is 0. The van der Waals surface area contributed by atoms with Gasteiger partial charge in [0.15, 0.2) is 0 Å². The molecule has 152 valence electrons. The van der Waals surface area contributed by atoms with Gasteiger partial charge in [-0.2, -0.15) is 13.2 Å². The Labute approximate surface area is 169 Å². The average molecular weight is 421 g/mol. The Morgan fingerprint density at radius 2 is 1.97 bits per heavy atom. The van der Waals surface area contributed by atoms with E-state index in [1.54, 1.807) is 18.7 Å². The SMILES string of the molecule is Cc1cc([C@@H]2CCCN2C(=O)c2sc(-c3ccc(C(F)(F)F)cc3)nc2C)no1. The van der Waals surface area contributed by atoms with Crippen molar-refractivity contribution in [1.82, 2.24) is 15.0 Å². The van der Waals surface area contributed by atoms with Crippen LogP contribution in [0.1, 0.15) is 51.3 Å². The van der Waals surface area contributed by atoms with Crippen LogP contribution in [0.3, 0.4) is 0 Å². The first-order chi connectivity index (χ1) is 13.7. The quantitative estimate of drug-likeness (QED) is 0.567. The molecule has 0 saturated carbocycles. The predicted molar refractivity (Wildman–Crippen MR) is 102 cm³/mol. The summed E-state index contributed by atoms with van der Waals surface area (Å²) < 4.78 is 43.5. The topological polar surface area (TPSA) is 59.2 Å². The van der Waals surface area contributed by atoms with Gasteiger partial charge in [-0.3, -0.25) is 4.79 Å². The lowest BCUT2D eigenvalue weighted by atomic mass is 10.1. The fourth-order valence-corrected chi connectivity index (χ4v) is 4.54. The van der Waals surface area contributed by atoms with Crippen molar-refractivity contribution in [3.63, 3.8) is 0 Å². The minimum atomic E-state index is -4.39. The molecule has 0 aliphatic carbocycles. The number of thiazole rings is 1. The maximum Gasteiger partial charge on any atom is 0.416 e. The standard InChI is InChI=1S/C20H18F3N3O2S/c1-11-10-15(25-28-11)16-4-3-9-26(16)19(27)17-12(2)24-18(29-17)13-5-7-14(8-6-13)20(21,22)23/h5-8,10,16H,3-4,9H2,1-2H3/t16-/m0/s1.